The quantitative estimate of drug-likeness (QED) is 0.726. The maximum Gasteiger partial charge on any atom is 0.203 e. The summed E-state index contributed by atoms with van der Waals surface area (Å²) in [6.07, 6.45) is 1.12. The second-order valence-electron chi connectivity index (χ2n) is 6.78. The Morgan fingerprint density at radius 1 is 0.963 bits per heavy atom. The third-order valence-corrected chi connectivity index (χ3v) is 5.00. The first-order valence-corrected chi connectivity index (χ1v) is 9.51. The Balaban J connectivity index is 1.27. The molecule has 3 aromatic rings. The average Bonchev–Trinajstić information content (AvgIpc) is 3.00. The number of aromatic nitrogens is 2. The Morgan fingerprint density at radius 2 is 1.78 bits per heavy atom. The minimum Gasteiger partial charge on any atom is -0.497 e. The lowest BCUT2D eigenvalue weighted by atomic mass is 10.3. The molecule has 0 atom stereocenters. The summed E-state index contributed by atoms with van der Waals surface area (Å²) in [5.74, 6) is 2.71. The van der Waals surface area contributed by atoms with Gasteiger partial charge in [0.05, 0.1) is 18.1 Å². The number of nitrogens with zero attached hydrogens (tertiary/aromatic N) is 3. The van der Waals surface area contributed by atoms with E-state index in [2.05, 4.69) is 26.9 Å². The van der Waals surface area contributed by atoms with E-state index >= 15 is 0 Å². The van der Waals surface area contributed by atoms with Gasteiger partial charge in [0.15, 0.2) is 0 Å². The van der Waals surface area contributed by atoms with Gasteiger partial charge in [0.2, 0.25) is 5.95 Å². The van der Waals surface area contributed by atoms with E-state index in [4.69, 9.17) is 14.5 Å². The molecule has 142 valence electrons. The summed E-state index contributed by atoms with van der Waals surface area (Å²) in [6, 6.07) is 15.9. The lowest BCUT2D eigenvalue weighted by Gasteiger charge is -2.21. The predicted octanol–water partition coefficient (Wildman–Crippen LogP) is 3.16. The van der Waals surface area contributed by atoms with Crippen LogP contribution in [-0.4, -0.2) is 61.3 Å². The van der Waals surface area contributed by atoms with Gasteiger partial charge in [-0.15, -0.1) is 0 Å². The Bertz CT molecular complexity index is 829. The van der Waals surface area contributed by atoms with Crippen molar-refractivity contribution in [3.8, 4) is 11.5 Å². The molecular weight excluding hydrogens is 340 g/mol. The number of nitrogens with one attached hydrogen (secondary N) is 1. The molecule has 2 aromatic carbocycles. The first-order valence-electron chi connectivity index (χ1n) is 9.51. The number of fused-ring (bicyclic) bond motifs is 1. The number of H-pyrrole nitrogens is 1. The van der Waals surface area contributed by atoms with Crippen LogP contribution in [0.3, 0.4) is 0 Å². The SMILES string of the molecule is COc1ccc(OCCN2CCCN(c3nc4ccccc4[nH]3)CC2)cc1. The second-order valence-corrected chi connectivity index (χ2v) is 6.78. The number of para-hydroxylation sites is 2. The highest BCUT2D eigenvalue weighted by atomic mass is 16.5. The molecule has 6 heteroatoms. The largest absolute Gasteiger partial charge is 0.497 e. The zero-order valence-corrected chi connectivity index (χ0v) is 15.7. The average molecular weight is 366 g/mol. The summed E-state index contributed by atoms with van der Waals surface area (Å²) in [5, 5.41) is 0. The molecule has 1 N–H and O–H groups in total. The molecule has 1 aliphatic heterocycles. The van der Waals surface area contributed by atoms with Gasteiger partial charge in [-0.3, -0.25) is 4.90 Å². The number of aromatic amines is 1. The van der Waals surface area contributed by atoms with E-state index in [0.717, 1.165) is 67.6 Å². The van der Waals surface area contributed by atoms with Gasteiger partial charge in [0.25, 0.3) is 0 Å². The lowest BCUT2D eigenvalue weighted by Crippen LogP contribution is -2.33. The molecule has 1 fully saturated rings. The molecule has 0 aliphatic carbocycles. The summed E-state index contributed by atoms with van der Waals surface area (Å²) < 4.78 is 11.0. The highest BCUT2D eigenvalue weighted by Gasteiger charge is 2.17. The third kappa shape index (κ3) is 4.34. The zero-order chi connectivity index (χ0) is 18.5. The molecule has 1 saturated heterocycles. The monoisotopic (exact) mass is 366 g/mol. The van der Waals surface area contributed by atoms with E-state index in [1.165, 1.54) is 0 Å². The normalized spacial score (nSPS) is 15.7. The highest BCUT2D eigenvalue weighted by molar-refractivity contribution is 5.77. The van der Waals surface area contributed by atoms with Crippen LogP contribution in [0.4, 0.5) is 5.95 Å². The lowest BCUT2D eigenvalue weighted by molar-refractivity contribution is 0.218. The number of hydrogen-bond acceptors (Lipinski definition) is 5. The Morgan fingerprint density at radius 3 is 2.59 bits per heavy atom. The molecule has 1 aliphatic rings. The van der Waals surface area contributed by atoms with Crippen LogP contribution >= 0.6 is 0 Å². The van der Waals surface area contributed by atoms with Crippen LogP contribution < -0.4 is 14.4 Å². The van der Waals surface area contributed by atoms with Crippen LogP contribution in [0.1, 0.15) is 6.42 Å². The molecule has 0 spiro atoms. The number of ether oxygens (including phenoxy) is 2. The van der Waals surface area contributed by atoms with Crippen molar-refractivity contribution in [1.82, 2.24) is 14.9 Å². The van der Waals surface area contributed by atoms with Crippen molar-refractivity contribution in [2.24, 2.45) is 0 Å². The molecule has 1 aromatic heterocycles. The van der Waals surface area contributed by atoms with Gasteiger partial charge in [-0.25, -0.2) is 4.98 Å². The maximum absolute atomic E-state index is 5.87. The van der Waals surface area contributed by atoms with Crippen LogP contribution in [0.15, 0.2) is 48.5 Å². The first-order chi connectivity index (χ1) is 13.3. The Kier molecular flexibility index (Phi) is 5.44. The van der Waals surface area contributed by atoms with Crippen molar-refractivity contribution in [3.63, 3.8) is 0 Å². The van der Waals surface area contributed by atoms with Gasteiger partial charge in [-0.05, 0) is 42.8 Å². The first kappa shape index (κ1) is 17.7. The smallest absolute Gasteiger partial charge is 0.203 e. The standard InChI is InChI=1S/C21H26N4O2/c1-26-17-7-9-18(10-8-17)27-16-15-24-11-4-12-25(14-13-24)21-22-19-5-2-3-6-20(19)23-21/h2-3,5-10H,4,11-16H2,1H3,(H,22,23). The van der Waals surface area contributed by atoms with E-state index in [1.807, 2.05) is 36.4 Å². The fraction of sp³-hybridized carbons (Fsp3) is 0.381. The molecule has 2 heterocycles. The minimum atomic E-state index is 0.691. The van der Waals surface area contributed by atoms with Crippen LogP contribution in [0, 0.1) is 0 Å². The predicted molar refractivity (Wildman–Crippen MR) is 108 cm³/mol. The summed E-state index contributed by atoms with van der Waals surface area (Å²) in [7, 11) is 1.67. The van der Waals surface area contributed by atoms with E-state index < -0.39 is 0 Å². The van der Waals surface area contributed by atoms with Crippen molar-refractivity contribution < 1.29 is 9.47 Å². The number of methoxy groups -OCH3 is 1. The number of benzene rings is 2. The number of hydrogen-bond donors (Lipinski definition) is 1. The fourth-order valence-electron chi connectivity index (χ4n) is 3.46. The van der Waals surface area contributed by atoms with Crippen LogP contribution in [0.5, 0.6) is 11.5 Å². The van der Waals surface area contributed by atoms with Crippen molar-refractivity contribution in [3.05, 3.63) is 48.5 Å². The molecule has 0 radical (unpaired) electrons. The topological polar surface area (TPSA) is 53.6 Å². The Hall–Kier alpha value is -2.73. The summed E-state index contributed by atoms with van der Waals surface area (Å²) in [5.41, 5.74) is 2.13. The summed E-state index contributed by atoms with van der Waals surface area (Å²) in [4.78, 5) is 13.0. The van der Waals surface area contributed by atoms with Gasteiger partial charge < -0.3 is 19.4 Å². The number of anilines is 1. The van der Waals surface area contributed by atoms with Gasteiger partial charge >= 0.3 is 0 Å². The molecule has 0 saturated carbocycles. The van der Waals surface area contributed by atoms with E-state index in [0.29, 0.717) is 6.61 Å². The minimum absolute atomic E-state index is 0.691. The van der Waals surface area contributed by atoms with Crippen LogP contribution in [-0.2, 0) is 0 Å². The third-order valence-electron chi connectivity index (χ3n) is 5.00. The second kappa shape index (κ2) is 8.31. The molecule has 4 rings (SSSR count). The van der Waals surface area contributed by atoms with E-state index in [1.54, 1.807) is 7.11 Å². The van der Waals surface area contributed by atoms with Crippen molar-refractivity contribution >= 4 is 17.0 Å². The van der Waals surface area contributed by atoms with E-state index in [-0.39, 0.29) is 0 Å². The van der Waals surface area contributed by atoms with Crippen molar-refractivity contribution in [2.75, 3.05) is 51.3 Å². The summed E-state index contributed by atoms with van der Waals surface area (Å²) >= 11 is 0. The van der Waals surface area contributed by atoms with Gasteiger partial charge in [-0.1, -0.05) is 12.1 Å². The van der Waals surface area contributed by atoms with Crippen molar-refractivity contribution in [2.45, 2.75) is 6.42 Å². The molecule has 0 unspecified atom stereocenters. The van der Waals surface area contributed by atoms with Crippen LogP contribution in [0.2, 0.25) is 0 Å². The maximum atomic E-state index is 5.87. The van der Waals surface area contributed by atoms with Gasteiger partial charge in [-0.2, -0.15) is 0 Å². The summed E-state index contributed by atoms with van der Waals surface area (Å²) in [6.45, 7) is 5.72. The molecule has 0 bridgehead atoms. The molecule has 6 nitrogen and oxygen atoms in total. The number of rotatable bonds is 6. The van der Waals surface area contributed by atoms with Gasteiger partial charge in [0.1, 0.15) is 18.1 Å². The molecular formula is C21H26N4O2. The van der Waals surface area contributed by atoms with Crippen molar-refractivity contribution in [1.29, 1.82) is 0 Å². The zero-order valence-electron chi connectivity index (χ0n) is 15.7. The Labute approximate surface area is 159 Å². The molecule has 27 heavy (non-hydrogen) atoms. The number of imidazole rings is 1. The van der Waals surface area contributed by atoms with Crippen LogP contribution in [0.25, 0.3) is 11.0 Å². The van der Waals surface area contributed by atoms with Gasteiger partial charge in [0, 0.05) is 32.7 Å². The van der Waals surface area contributed by atoms with E-state index in [9.17, 15) is 0 Å². The molecule has 0 amide bonds. The fourth-order valence-corrected chi connectivity index (χ4v) is 3.46. The highest BCUT2D eigenvalue weighted by Crippen LogP contribution is 2.19.